The van der Waals surface area contributed by atoms with Crippen molar-refractivity contribution in [3.8, 4) is 15.8 Å². The zero-order valence-electron chi connectivity index (χ0n) is 10.4. The Morgan fingerprint density at radius 3 is 2.67 bits per heavy atom. The first-order valence-electron chi connectivity index (χ1n) is 6.39. The molecule has 0 bridgehead atoms. The number of aryl methyl sites for hydroxylation is 1. The largest absolute Gasteiger partial charge is 0.198 e. The molecule has 18 heavy (non-hydrogen) atoms. The quantitative estimate of drug-likeness (QED) is 0.613. The van der Waals surface area contributed by atoms with Crippen molar-refractivity contribution in [1.29, 1.82) is 5.26 Å². The van der Waals surface area contributed by atoms with Crippen molar-refractivity contribution in [2.24, 2.45) is 0 Å². The third kappa shape index (κ3) is 3.97. The van der Waals surface area contributed by atoms with Crippen molar-refractivity contribution in [3.05, 3.63) is 34.5 Å². The molecule has 0 N–H and O–H groups in total. The van der Waals surface area contributed by atoms with E-state index >= 15 is 0 Å². The molecule has 0 spiro atoms. The molecule has 0 aromatic carbocycles. The maximum Gasteiger partial charge on any atom is 0.0621 e. The van der Waals surface area contributed by atoms with Crippen LogP contribution in [0.1, 0.15) is 37.0 Å². The summed E-state index contributed by atoms with van der Waals surface area (Å²) >= 11 is 3.72. The molecule has 3 heteroatoms. The molecule has 0 aliphatic heterocycles. The van der Waals surface area contributed by atoms with Crippen LogP contribution in [0.4, 0.5) is 0 Å². The molecule has 0 saturated carbocycles. The first kappa shape index (κ1) is 13.3. The summed E-state index contributed by atoms with van der Waals surface area (Å²) in [7, 11) is 0. The van der Waals surface area contributed by atoms with Crippen LogP contribution in [0.2, 0.25) is 0 Å². The molecule has 2 heterocycles. The van der Waals surface area contributed by atoms with Crippen molar-refractivity contribution >= 4 is 22.7 Å². The van der Waals surface area contributed by atoms with Gasteiger partial charge in [0.2, 0.25) is 0 Å². The number of hydrogen-bond acceptors (Lipinski definition) is 3. The van der Waals surface area contributed by atoms with Crippen LogP contribution in [0.3, 0.4) is 0 Å². The molecule has 0 saturated heterocycles. The van der Waals surface area contributed by atoms with Gasteiger partial charge in [-0.05, 0) is 42.8 Å². The van der Waals surface area contributed by atoms with E-state index in [9.17, 15) is 0 Å². The predicted octanol–water partition coefficient (Wildman–Crippen LogP) is 5.49. The van der Waals surface area contributed by atoms with Gasteiger partial charge in [-0.1, -0.05) is 18.9 Å². The van der Waals surface area contributed by atoms with E-state index in [-0.39, 0.29) is 0 Å². The molecular weight excluding hydrogens is 258 g/mol. The third-order valence-electron chi connectivity index (χ3n) is 2.89. The first-order chi connectivity index (χ1) is 8.90. The average molecular weight is 275 g/mol. The Balaban J connectivity index is 1.73. The Hall–Kier alpha value is -1.11. The number of rotatable bonds is 7. The summed E-state index contributed by atoms with van der Waals surface area (Å²) in [6.07, 6.45) is 6.63. The van der Waals surface area contributed by atoms with Crippen LogP contribution in [-0.4, -0.2) is 0 Å². The SMILES string of the molecule is N#CCCCCCCc1ccc(-c2cccs2)s1. The standard InChI is InChI=1S/C15H17NS2/c16-11-5-3-1-2-4-7-13-9-10-15(18-13)14-8-6-12-17-14/h6,8-10,12H,1-5,7H2. The van der Waals surface area contributed by atoms with Gasteiger partial charge >= 0.3 is 0 Å². The topological polar surface area (TPSA) is 23.8 Å². The average Bonchev–Trinajstić information content (AvgIpc) is 3.03. The molecule has 0 amide bonds. The van der Waals surface area contributed by atoms with Crippen molar-refractivity contribution in [2.75, 3.05) is 0 Å². The van der Waals surface area contributed by atoms with Gasteiger partial charge in [0.15, 0.2) is 0 Å². The highest BCUT2D eigenvalue weighted by atomic mass is 32.1. The summed E-state index contributed by atoms with van der Waals surface area (Å²) < 4.78 is 0. The highest BCUT2D eigenvalue weighted by Gasteiger charge is 2.03. The molecule has 2 aromatic rings. The minimum Gasteiger partial charge on any atom is -0.198 e. The zero-order chi connectivity index (χ0) is 12.6. The molecule has 0 radical (unpaired) electrons. The number of nitrogens with zero attached hydrogens (tertiary/aromatic N) is 1. The van der Waals surface area contributed by atoms with E-state index in [0.717, 1.165) is 6.42 Å². The highest BCUT2D eigenvalue weighted by molar-refractivity contribution is 7.21. The lowest BCUT2D eigenvalue weighted by atomic mass is 10.1. The van der Waals surface area contributed by atoms with E-state index in [1.165, 1.54) is 40.3 Å². The molecule has 94 valence electrons. The number of thiophene rings is 2. The molecule has 0 fully saturated rings. The Kier molecular flexibility index (Phi) is 5.44. The van der Waals surface area contributed by atoms with Gasteiger partial charge in [0.1, 0.15) is 0 Å². The van der Waals surface area contributed by atoms with Crippen LogP contribution in [0, 0.1) is 11.3 Å². The Labute approximate surface area is 117 Å². The van der Waals surface area contributed by atoms with E-state index in [1.807, 2.05) is 11.3 Å². The van der Waals surface area contributed by atoms with Gasteiger partial charge in [-0.15, -0.1) is 22.7 Å². The van der Waals surface area contributed by atoms with Gasteiger partial charge in [-0.3, -0.25) is 0 Å². The smallest absolute Gasteiger partial charge is 0.0621 e. The lowest BCUT2D eigenvalue weighted by Gasteiger charge is -1.97. The molecule has 0 atom stereocenters. The Morgan fingerprint density at radius 2 is 1.89 bits per heavy atom. The van der Waals surface area contributed by atoms with Crippen molar-refractivity contribution < 1.29 is 0 Å². The molecule has 0 aliphatic carbocycles. The summed E-state index contributed by atoms with van der Waals surface area (Å²) in [4.78, 5) is 4.25. The summed E-state index contributed by atoms with van der Waals surface area (Å²) in [5.41, 5.74) is 0. The summed E-state index contributed by atoms with van der Waals surface area (Å²) in [6, 6.07) is 11.0. The summed E-state index contributed by atoms with van der Waals surface area (Å²) in [5.74, 6) is 0. The Morgan fingerprint density at radius 1 is 1.00 bits per heavy atom. The van der Waals surface area contributed by atoms with Crippen LogP contribution in [0.15, 0.2) is 29.6 Å². The van der Waals surface area contributed by atoms with Gasteiger partial charge in [0, 0.05) is 21.1 Å². The first-order valence-corrected chi connectivity index (χ1v) is 8.09. The predicted molar refractivity (Wildman–Crippen MR) is 80.0 cm³/mol. The van der Waals surface area contributed by atoms with Gasteiger partial charge in [-0.2, -0.15) is 5.26 Å². The molecule has 0 unspecified atom stereocenters. The van der Waals surface area contributed by atoms with Crippen molar-refractivity contribution in [3.63, 3.8) is 0 Å². The lowest BCUT2D eigenvalue weighted by molar-refractivity contribution is 0.651. The molecule has 0 aliphatic rings. The minimum atomic E-state index is 0.710. The van der Waals surface area contributed by atoms with Gasteiger partial charge in [0.05, 0.1) is 6.07 Å². The number of hydrogen-bond donors (Lipinski definition) is 0. The van der Waals surface area contributed by atoms with Crippen LogP contribution in [-0.2, 0) is 6.42 Å². The molecule has 1 nitrogen and oxygen atoms in total. The van der Waals surface area contributed by atoms with Crippen LogP contribution in [0.5, 0.6) is 0 Å². The van der Waals surface area contributed by atoms with E-state index in [4.69, 9.17) is 5.26 Å². The molecule has 2 aromatic heterocycles. The number of nitriles is 1. The fourth-order valence-electron chi connectivity index (χ4n) is 1.92. The zero-order valence-corrected chi connectivity index (χ0v) is 12.0. The van der Waals surface area contributed by atoms with Gasteiger partial charge in [0.25, 0.3) is 0 Å². The minimum absolute atomic E-state index is 0.710. The number of unbranched alkanes of at least 4 members (excludes halogenated alkanes) is 4. The van der Waals surface area contributed by atoms with Crippen LogP contribution >= 0.6 is 22.7 Å². The lowest BCUT2D eigenvalue weighted by Crippen LogP contribution is -1.81. The van der Waals surface area contributed by atoms with E-state index in [2.05, 4.69) is 35.7 Å². The van der Waals surface area contributed by atoms with Crippen LogP contribution < -0.4 is 0 Å². The van der Waals surface area contributed by atoms with E-state index < -0.39 is 0 Å². The monoisotopic (exact) mass is 275 g/mol. The fraction of sp³-hybridized carbons (Fsp3) is 0.400. The highest BCUT2D eigenvalue weighted by Crippen LogP contribution is 2.32. The maximum atomic E-state index is 8.45. The second-order valence-corrected chi connectivity index (χ2v) is 6.43. The van der Waals surface area contributed by atoms with Crippen molar-refractivity contribution in [2.45, 2.75) is 38.5 Å². The maximum absolute atomic E-state index is 8.45. The van der Waals surface area contributed by atoms with E-state index in [0.29, 0.717) is 6.42 Å². The van der Waals surface area contributed by atoms with Gasteiger partial charge in [-0.25, -0.2) is 0 Å². The van der Waals surface area contributed by atoms with Crippen molar-refractivity contribution in [1.82, 2.24) is 0 Å². The second-order valence-electron chi connectivity index (χ2n) is 4.32. The molecular formula is C15H17NS2. The molecule has 2 rings (SSSR count). The van der Waals surface area contributed by atoms with Crippen LogP contribution in [0.25, 0.3) is 9.75 Å². The fourth-order valence-corrected chi connectivity index (χ4v) is 3.80. The van der Waals surface area contributed by atoms with E-state index in [1.54, 1.807) is 11.3 Å². The Bertz CT molecular complexity index is 491. The van der Waals surface area contributed by atoms with Gasteiger partial charge < -0.3 is 0 Å². The summed E-state index contributed by atoms with van der Waals surface area (Å²) in [6.45, 7) is 0. The summed E-state index contributed by atoms with van der Waals surface area (Å²) in [5, 5.41) is 10.6. The third-order valence-corrected chi connectivity index (χ3v) is 5.10. The normalized spacial score (nSPS) is 10.4. The second kappa shape index (κ2) is 7.35.